The van der Waals surface area contributed by atoms with E-state index in [0.29, 0.717) is 44.3 Å². The number of aliphatic hydroxyl groups excluding tert-OH is 1. The normalized spacial score (nSPS) is 18.0. The van der Waals surface area contributed by atoms with E-state index in [4.69, 9.17) is 9.26 Å². The Bertz CT molecular complexity index is 455. The first-order valence-corrected chi connectivity index (χ1v) is 7.31. The van der Waals surface area contributed by atoms with Gasteiger partial charge in [0.2, 0.25) is 0 Å². The molecule has 1 fully saturated rings. The number of aliphatic hydroxyl groups is 1. The molecule has 7 heteroatoms. The molecule has 1 amide bonds. The molecule has 2 rings (SSSR count). The molecule has 1 unspecified atom stereocenters. The maximum atomic E-state index is 12.2. The monoisotopic (exact) mass is 297 g/mol. The first kappa shape index (κ1) is 15.9. The molecule has 1 saturated heterocycles. The van der Waals surface area contributed by atoms with Crippen LogP contribution in [0.2, 0.25) is 0 Å². The van der Waals surface area contributed by atoms with Crippen LogP contribution in [0.1, 0.15) is 23.2 Å². The molecule has 7 nitrogen and oxygen atoms in total. The summed E-state index contributed by atoms with van der Waals surface area (Å²) in [5, 5.41) is 13.6. The summed E-state index contributed by atoms with van der Waals surface area (Å²) < 4.78 is 10.1. The largest absolute Gasteiger partial charge is 0.389 e. The van der Waals surface area contributed by atoms with Crippen molar-refractivity contribution in [2.75, 3.05) is 45.9 Å². The number of hydrogen-bond donors (Lipinski definition) is 1. The molecule has 2 heterocycles. The zero-order valence-corrected chi connectivity index (χ0v) is 12.6. The Kier molecular flexibility index (Phi) is 5.72. The Morgan fingerprint density at radius 3 is 2.76 bits per heavy atom. The summed E-state index contributed by atoms with van der Waals surface area (Å²) in [4.78, 5) is 16.1. The van der Waals surface area contributed by atoms with E-state index in [2.05, 4.69) is 10.1 Å². The highest BCUT2D eigenvalue weighted by molar-refractivity contribution is 5.92. The highest BCUT2D eigenvalue weighted by Gasteiger charge is 2.25. The summed E-state index contributed by atoms with van der Waals surface area (Å²) >= 11 is 0. The summed E-state index contributed by atoms with van der Waals surface area (Å²) in [6, 6.07) is 1.65. The van der Waals surface area contributed by atoms with E-state index >= 15 is 0 Å². The highest BCUT2D eigenvalue weighted by Crippen LogP contribution is 2.09. The van der Waals surface area contributed by atoms with Gasteiger partial charge in [-0.25, -0.2) is 0 Å². The molecule has 1 aromatic heterocycles. The average Bonchev–Trinajstić information content (AvgIpc) is 2.92. The lowest BCUT2D eigenvalue weighted by molar-refractivity contribution is 0.0110. The fourth-order valence-electron chi connectivity index (χ4n) is 2.37. The lowest BCUT2D eigenvalue weighted by Gasteiger charge is -2.35. The minimum absolute atomic E-state index is 0.0960. The van der Waals surface area contributed by atoms with Crippen LogP contribution in [-0.2, 0) is 4.74 Å². The number of carbonyl (C=O) groups excluding carboxylic acids is 1. The van der Waals surface area contributed by atoms with Crippen molar-refractivity contribution in [1.29, 1.82) is 0 Å². The molecule has 1 N–H and O–H groups in total. The molecule has 0 bridgehead atoms. The predicted molar refractivity (Wildman–Crippen MR) is 76.1 cm³/mol. The molecule has 0 radical (unpaired) electrons. The minimum atomic E-state index is -0.481. The lowest BCUT2D eigenvalue weighted by atomic mass is 10.2. The Balaban J connectivity index is 1.76. The van der Waals surface area contributed by atoms with Crippen molar-refractivity contribution in [2.45, 2.75) is 20.0 Å². The summed E-state index contributed by atoms with van der Waals surface area (Å²) in [5.74, 6) is 0.539. The van der Waals surface area contributed by atoms with Crippen molar-refractivity contribution < 1.29 is 19.2 Å². The van der Waals surface area contributed by atoms with E-state index in [1.165, 1.54) is 0 Å². The SMILES string of the molecule is CCOCC(O)CN1CCN(C(=O)c2cc(C)on2)CC1. The van der Waals surface area contributed by atoms with Crippen LogP contribution in [0.5, 0.6) is 0 Å². The van der Waals surface area contributed by atoms with Gasteiger partial charge in [-0.2, -0.15) is 0 Å². The van der Waals surface area contributed by atoms with Crippen molar-refractivity contribution in [1.82, 2.24) is 15.0 Å². The van der Waals surface area contributed by atoms with Gasteiger partial charge < -0.3 is 19.3 Å². The standard InChI is InChI=1S/C14H23N3O4/c1-3-20-10-12(18)9-16-4-6-17(7-5-16)14(19)13-8-11(2)21-15-13/h8,12,18H,3-7,9-10H2,1-2H3. The maximum absolute atomic E-state index is 12.2. The van der Waals surface area contributed by atoms with Crippen molar-refractivity contribution in [3.8, 4) is 0 Å². The summed E-state index contributed by atoms with van der Waals surface area (Å²) in [7, 11) is 0. The van der Waals surface area contributed by atoms with Crippen LogP contribution in [0, 0.1) is 6.92 Å². The Labute approximate surface area is 124 Å². The quantitative estimate of drug-likeness (QED) is 0.804. The molecule has 0 aliphatic carbocycles. The number of carbonyl (C=O) groups is 1. The molecule has 1 aliphatic rings. The predicted octanol–water partition coefficient (Wildman–Crippen LogP) is 0.138. The van der Waals surface area contributed by atoms with Crippen molar-refractivity contribution in [3.05, 3.63) is 17.5 Å². The van der Waals surface area contributed by atoms with E-state index in [1.54, 1.807) is 17.9 Å². The molecule has 21 heavy (non-hydrogen) atoms. The van der Waals surface area contributed by atoms with Crippen LogP contribution in [0.4, 0.5) is 0 Å². The fourth-order valence-corrected chi connectivity index (χ4v) is 2.37. The van der Waals surface area contributed by atoms with Crippen LogP contribution in [-0.4, -0.2) is 78.0 Å². The molecule has 1 aromatic rings. The number of aromatic nitrogens is 1. The number of piperazine rings is 1. The zero-order chi connectivity index (χ0) is 15.2. The van der Waals surface area contributed by atoms with Gasteiger partial charge in [0.1, 0.15) is 5.76 Å². The van der Waals surface area contributed by atoms with Gasteiger partial charge in [-0.1, -0.05) is 5.16 Å². The van der Waals surface area contributed by atoms with Crippen molar-refractivity contribution in [2.24, 2.45) is 0 Å². The van der Waals surface area contributed by atoms with Crippen molar-refractivity contribution in [3.63, 3.8) is 0 Å². The van der Waals surface area contributed by atoms with E-state index in [-0.39, 0.29) is 5.91 Å². The summed E-state index contributed by atoms with van der Waals surface area (Å²) in [6.45, 7) is 7.95. The van der Waals surface area contributed by atoms with Gasteiger partial charge in [-0.3, -0.25) is 9.69 Å². The van der Waals surface area contributed by atoms with E-state index in [0.717, 1.165) is 13.1 Å². The third-order valence-electron chi connectivity index (χ3n) is 3.49. The van der Waals surface area contributed by atoms with Gasteiger partial charge in [0, 0.05) is 45.4 Å². The third-order valence-corrected chi connectivity index (χ3v) is 3.49. The zero-order valence-electron chi connectivity index (χ0n) is 12.6. The smallest absolute Gasteiger partial charge is 0.276 e. The van der Waals surface area contributed by atoms with Crippen LogP contribution >= 0.6 is 0 Å². The molecular weight excluding hydrogens is 274 g/mol. The minimum Gasteiger partial charge on any atom is -0.389 e. The molecule has 0 spiro atoms. The molecule has 1 aliphatic heterocycles. The maximum Gasteiger partial charge on any atom is 0.276 e. The van der Waals surface area contributed by atoms with Gasteiger partial charge in [0.25, 0.3) is 5.91 Å². The number of hydrogen-bond acceptors (Lipinski definition) is 6. The molecule has 118 valence electrons. The van der Waals surface area contributed by atoms with Gasteiger partial charge in [0.15, 0.2) is 5.69 Å². The number of β-amino-alcohol motifs (C(OH)–C–C–N with tert-alkyl or cyclic N) is 1. The molecule has 1 atom stereocenters. The van der Waals surface area contributed by atoms with Gasteiger partial charge >= 0.3 is 0 Å². The lowest BCUT2D eigenvalue weighted by Crippen LogP contribution is -2.50. The average molecular weight is 297 g/mol. The Morgan fingerprint density at radius 1 is 1.48 bits per heavy atom. The first-order valence-electron chi connectivity index (χ1n) is 7.31. The number of ether oxygens (including phenoxy) is 1. The Hall–Kier alpha value is -1.44. The second-order valence-corrected chi connectivity index (χ2v) is 5.23. The molecule has 0 saturated carbocycles. The van der Waals surface area contributed by atoms with Gasteiger partial charge in [0.05, 0.1) is 12.7 Å². The van der Waals surface area contributed by atoms with Gasteiger partial charge in [-0.05, 0) is 13.8 Å². The van der Waals surface area contributed by atoms with Gasteiger partial charge in [-0.15, -0.1) is 0 Å². The second-order valence-electron chi connectivity index (χ2n) is 5.23. The number of rotatable bonds is 6. The highest BCUT2D eigenvalue weighted by atomic mass is 16.5. The summed E-state index contributed by atoms with van der Waals surface area (Å²) in [6.07, 6.45) is -0.481. The van der Waals surface area contributed by atoms with Crippen molar-refractivity contribution >= 4 is 5.91 Å². The Morgan fingerprint density at radius 2 is 2.19 bits per heavy atom. The van der Waals surface area contributed by atoms with Crippen LogP contribution in [0.25, 0.3) is 0 Å². The molecular formula is C14H23N3O4. The van der Waals surface area contributed by atoms with Crippen LogP contribution in [0.3, 0.4) is 0 Å². The second kappa shape index (κ2) is 7.53. The first-order chi connectivity index (χ1) is 10.1. The number of aryl methyl sites for hydroxylation is 1. The fraction of sp³-hybridized carbons (Fsp3) is 0.714. The number of amides is 1. The van der Waals surface area contributed by atoms with Crippen LogP contribution in [0.15, 0.2) is 10.6 Å². The van der Waals surface area contributed by atoms with Crippen LogP contribution < -0.4 is 0 Å². The topological polar surface area (TPSA) is 79.0 Å². The van der Waals surface area contributed by atoms with E-state index in [9.17, 15) is 9.90 Å². The summed E-state index contributed by atoms with van der Waals surface area (Å²) in [5.41, 5.74) is 0.359. The van der Waals surface area contributed by atoms with E-state index < -0.39 is 6.10 Å². The number of nitrogens with zero attached hydrogens (tertiary/aromatic N) is 3. The van der Waals surface area contributed by atoms with E-state index in [1.807, 2.05) is 6.92 Å². The molecule has 0 aromatic carbocycles. The third kappa shape index (κ3) is 4.52.